The summed E-state index contributed by atoms with van der Waals surface area (Å²) in [6.45, 7) is 4.03. The molecule has 0 amide bonds. The zero-order valence-electron chi connectivity index (χ0n) is 10.8. The van der Waals surface area contributed by atoms with Crippen LogP contribution in [0.25, 0.3) is 0 Å². The maximum Gasteiger partial charge on any atom is 0.182 e. The van der Waals surface area contributed by atoms with Crippen LogP contribution in [-0.2, 0) is 0 Å². The molecule has 0 saturated heterocycles. The average molecular weight is 272 g/mol. The lowest BCUT2D eigenvalue weighted by Crippen LogP contribution is -2.30. The van der Waals surface area contributed by atoms with Crippen molar-refractivity contribution in [2.75, 3.05) is 11.9 Å². The number of rotatable bonds is 5. The Kier molecular flexibility index (Phi) is 5.02. The van der Waals surface area contributed by atoms with E-state index in [2.05, 4.69) is 19.1 Å². The van der Waals surface area contributed by atoms with E-state index in [1.54, 1.807) is 11.9 Å². The number of nitrogens with zero attached hydrogens (tertiary/aromatic N) is 1. The van der Waals surface area contributed by atoms with Gasteiger partial charge in [0.05, 0.1) is 5.69 Å². The Bertz CT molecular complexity index is 449. The first-order valence-electron chi connectivity index (χ1n) is 5.90. The fourth-order valence-corrected chi connectivity index (χ4v) is 2.01. The molecule has 0 aliphatic heterocycles. The quantitative estimate of drug-likeness (QED) is 0.834. The number of hydrogen-bond donors (Lipinski definition) is 1. The zero-order chi connectivity index (χ0) is 13.9. The van der Waals surface area contributed by atoms with E-state index in [1.165, 1.54) is 12.1 Å². The van der Waals surface area contributed by atoms with E-state index >= 15 is 0 Å². The van der Waals surface area contributed by atoms with Gasteiger partial charge in [0.2, 0.25) is 0 Å². The van der Waals surface area contributed by atoms with Gasteiger partial charge in [0.1, 0.15) is 4.99 Å². The monoisotopic (exact) mass is 272 g/mol. The summed E-state index contributed by atoms with van der Waals surface area (Å²) in [4.78, 5) is 1.59. The second kappa shape index (κ2) is 6.09. The topological polar surface area (TPSA) is 29.3 Å². The Morgan fingerprint density at radius 3 is 2.50 bits per heavy atom. The fraction of sp³-hybridized carbons (Fsp3) is 0.462. The largest absolute Gasteiger partial charge is 0.389 e. The number of nitrogens with two attached hydrogens (primary N) is 1. The normalized spacial score (nSPS) is 12.3. The first kappa shape index (κ1) is 14.8. The fourth-order valence-electron chi connectivity index (χ4n) is 1.85. The van der Waals surface area contributed by atoms with Crippen LogP contribution in [0, 0.1) is 11.6 Å². The van der Waals surface area contributed by atoms with Crippen molar-refractivity contribution >= 4 is 22.9 Å². The Morgan fingerprint density at radius 1 is 1.39 bits per heavy atom. The third-order valence-corrected chi connectivity index (χ3v) is 3.29. The van der Waals surface area contributed by atoms with Crippen molar-refractivity contribution in [3.05, 3.63) is 29.3 Å². The Hall–Kier alpha value is -1.23. The van der Waals surface area contributed by atoms with Gasteiger partial charge >= 0.3 is 0 Å². The summed E-state index contributed by atoms with van der Waals surface area (Å²) in [5.41, 5.74) is 5.51. The smallest absolute Gasteiger partial charge is 0.182 e. The van der Waals surface area contributed by atoms with E-state index in [-0.39, 0.29) is 22.3 Å². The van der Waals surface area contributed by atoms with Gasteiger partial charge in [-0.15, -0.1) is 0 Å². The van der Waals surface area contributed by atoms with Gasteiger partial charge < -0.3 is 10.6 Å². The highest BCUT2D eigenvalue weighted by molar-refractivity contribution is 7.80. The Morgan fingerprint density at radius 2 is 2.00 bits per heavy atom. The van der Waals surface area contributed by atoms with Crippen molar-refractivity contribution in [2.45, 2.75) is 32.7 Å². The second-order valence-corrected chi connectivity index (χ2v) is 4.81. The molecule has 0 saturated carbocycles. The van der Waals surface area contributed by atoms with Crippen molar-refractivity contribution in [3.8, 4) is 0 Å². The van der Waals surface area contributed by atoms with E-state index in [0.717, 1.165) is 12.8 Å². The molecule has 1 aromatic rings. The standard InChI is InChI=1S/C13H18F2N2S/c1-4-5-8(2)17(3)10-7-6-9(13(16)18)11(14)12(10)15/h6-8H,4-5H2,1-3H3,(H2,16,18). The maximum absolute atomic E-state index is 13.9. The van der Waals surface area contributed by atoms with Crippen LogP contribution in [0.15, 0.2) is 12.1 Å². The molecule has 0 aromatic heterocycles. The van der Waals surface area contributed by atoms with E-state index in [4.69, 9.17) is 5.73 Å². The van der Waals surface area contributed by atoms with Crippen LogP contribution in [0.5, 0.6) is 0 Å². The Labute approximate surface area is 112 Å². The van der Waals surface area contributed by atoms with Crippen molar-refractivity contribution in [3.63, 3.8) is 0 Å². The molecular formula is C13H18F2N2S. The highest BCUT2D eigenvalue weighted by Crippen LogP contribution is 2.25. The maximum atomic E-state index is 13.9. The highest BCUT2D eigenvalue weighted by Gasteiger charge is 2.19. The number of benzene rings is 1. The summed E-state index contributed by atoms with van der Waals surface area (Å²) < 4.78 is 27.7. The average Bonchev–Trinajstić information content (AvgIpc) is 2.31. The van der Waals surface area contributed by atoms with Crippen LogP contribution in [0.3, 0.4) is 0 Å². The summed E-state index contributed by atoms with van der Waals surface area (Å²) in [6, 6.07) is 3.07. The van der Waals surface area contributed by atoms with E-state index in [9.17, 15) is 8.78 Å². The van der Waals surface area contributed by atoms with Crippen molar-refractivity contribution in [1.82, 2.24) is 0 Å². The van der Waals surface area contributed by atoms with Gasteiger partial charge in [-0.05, 0) is 25.5 Å². The van der Waals surface area contributed by atoms with Gasteiger partial charge in [-0.25, -0.2) is 8.78 Å². The van der Waals surface area contributed by atoms with Crippen molar-refractivity contribution < 1.29 is 8.78 Å². The molecule has 5 heteroatoms. The molecule has 1 unspecified atom stereocenters. The van der Waals surface area contributed by atoms with Gasteiger partial charge in [0.15, 0.2) is 11.6 Å². The predicted molar refractivity (Wildman–Crippen MR) is 75.0 cm³/mol. The third kappa shape index (κ3) is 2.96. The second-order valence-electron chi connectivity index (χ2n) is 4.37. The van der Waals surface area contributed by atoms with Gasteiger partial charge in [-0.2, -0.15) is 0 Å². The van der Waals surface area contributed by atoms with E-state index in [0.29, 0.717) is 0 Å². The molecule has 0 aliphatic rings. The number of halogens is 2. The van der Waals surface area contributed by atoms with Gasteiger partial charge in [-0.3, -0.25) is 0 Å². The van der Waals surface area contributed by atoms with E-state index in [1.807, 2.05) is 6.92 Å². The van der Waals surface area contributed by atoms with Crippen LogP contribution >= 0.6 is 12.2 Å². The number of hydrogen-bond acceptors (Lipinski definition) is 2. The van der Waals surface area contributed by atoms with Crippen LogP contribution in [-0.4, -0.2) is 18.1 Å². The Balaban J connectivity index is 3.12. The van der Waals surface area contributed by atoms with Gasteiger partial charge in [0.25, 0.3) is 0 Å². The zero-order valence-corrected chi connectivity index (χ0v) is 11.7. The molecule has 0 heterocycles. The molecule has 2 nitrogen and oxygen atoms in total. The predicted octanol–water partition coefficient (Wildman–Crippen LogP) is 3.22. The summed E-state index contributed by atoms with van der Waals surface area (Å²) in [7, 11) is 1.75. The highest BCUT2D eigenvalue weighted by atomic mass is 32.1. The summed E-state index contributed by atoms with van der Waals surface area (Å²) in [5.74, 6) is -1.87. The number of anilines is 1. The van der Waals surface area contributed by atoms with Gasteiger partial charge in [-0.1, -0.05) is 25.6 Å². The first-order valence-corrected chi connectivity index (χ1v) is 6.31. The molecule has 18 heavy (non-hydrogen) atoms. The summed E-state index contributed by atoms with van der Waals surface area (Å²) in [6.07, 6.45) is 1.90. The minimum absolute atomic E-state index is 0.0530. The van der Waals surface area contributed by atoms with Crippen molar-refractivity contribution in [1.29, 1.82) is 0 Å². The minimum atomic E-state index is -0.976. The molecule has 0 aliphatic carbocycles. The molecule has 0 spiro atoms. The SMILES string of the molecule is CCCC(C)N(C)c1ccc(C(N)=S)c(F)c1F. The molecule has 100 valence electrons. The third-order valence-electron chi connectivity index (χ3n) is 3.07. The lowest BCUT2D eigenvalue weighted by Gasteiger charge is -2.27. The van der Waals surface area contributed by atoms with Crippen LogP contribution < -0.4 is 10.6 Å². The minimum Gasteiger partial charge on any atom is -0.389 e. The van der Waals surface area contributed by atoms with Gasteiger partial charge in [0, 0.05) is 18.7 Å². The molecule has 0 bridgehead atoms. The van der Waals surface area contributed by atoms with E-state index < -0.39 is 11.6 Å². The molecular weight excluding hydrogens is 254 g/mol. The summed E-state index contributed by atoms with van der Waals surface area (Å²) >= 11 is 4.67. The molecule has 0 fully saturated rings. The molecule has 1 aromatic carbocycles. The lowest BCUT2D eigenvalue weighted by molar-refractivity contribution is 0.500. The summed E-state index contributed by atoms with van der Waals surface area (Å²) in [5, 5.41) is 0. The van der Waals surface area contributed by atoms with Crippen molar-refractivity contribution in [2.24, 2.45) is 5.73 Å². The van der Waals surface area contributed by atoms with Crippen LogP contribution in [0.4, 0.5) is 14.5 Å². The molecule has 1 rings (SSSR count). The van der Waals surface area contributed by atoms with Crippen LogP contribution in [0.2, 0.25) is 0 Å². The first-order chi connectivity index (χ1) is 8.40. The lowest BCUT2D eigenvalue weighted by atomic mass is 10.1. The van der Waals surface area contributed by atoms with Crippen LogP contribution in [0.1, 0.15) is 32.3 Å². The number of thiocarbonyl (C=S) groups is 1. The molecule has 2 N–H and O–H groups in total. The molecule has 0 radical (unpaired) electrons. The molecule has 1 atom stereocenters.